The standard InChI is InChI=1S/C17H15ClO2S/c1-20-16-11-12(4-10-17(16)21-2)3-9-15(19)13-5-7-14(18)8-6-13/h3-11H,1-2H3/b9-3+. The van der Waals surface area contributed by atoms with Crippen LogP contribution in [0, 0.1) is 0 Å². The lowest BCUT2D eigenvalue weighted by Crippen LogP contribution is -1.93. The quantitative estimate of drug-likeness (QED) is 0.442. The fraction of sp³-hybridized carbons (Fsp3) is 0.118. The van der Waals surface area contributed by atoms with Gasteiger partial charge in [-0.3, -0.25) is 4.79 Å². The Morgan fingerprint density at radius 2 is 1.90 bits per heavy atom. The lowest BCUT2D eigenvalue weighted by Gasteiger charge is -2.06. The molecule has 0 saturated carbocycles. The first kappa shape index (κ1) is 15.7. The molecule has 2 aromatic rings. The summed E-state index contributed by atoms with van der Waals surface area (Å²) < 4.78 is 5.33. The van der Waals surface area contributed by atoms with Crippen LogP contribution in [0.3, 0.4) is 0 Å². The molecule has 0 atom stereocenters. The van der Waals surface area contributed by atoms with Gasteiger partial charge < -0.3 is 4.74 Å². The van der Waals surface area contributed by atoms with Gasteiger partial charge in [0.25, 0.3) is 0 Å². The topological polar surface area (TPSA) is 26.3 Å². The lowest BCUT2D eigenvalue weighted by molar-refractivity contribution is 0.104. The van der Waals surface area contributed by atoms with Crippen molar-refractivity contribution < 1.29 is 9.53 Å². The van der Waals surface area contributed by atoms with Crippen molar-refractivity contribution in [2.75, 3.05) is 13.4 Å². The third kappa shape index (κ3) is 4.13. The van der Waals surface area contributed by atoms with Gasteiger partial charge in [0.15, 0.2) is 5.78 Å². The number of methoxy groups -OCH3 is 1. The molecule has 0 aliphatic heterocycles. The fourth-order valence-corrected chi connectivity index (χ4v) is 2.51. The van der Waals surface area contributed by atoms with Crippen molar-refractivity contribution in [3.8, 4) is 5.75 Å². The summed E-state index contributed by atoms with van der Waals surface area (Å²) in [4.78, 5) is 13.1. The average Bonchev–Trinajstić information content (AvgIpc) is 2.52. The largest absolute Gasteiger partial charge is 0.496 e. The van der Waals surface area contributed by atoms with E-state index in [0.717, 1.165) is 16.2 Å². The van der Waals surface area contributed by atoms with Crippen LogP contribution in [0.4, 0.5) is 0 Å². The van der Waals surface area contributed by atoms with Gasteiger partial charge in [0.2, 0.25) is 0 Å². The third-order valence-corrected chi connectivity index (χ3v) is 3.99. The van der Waals surface area contributed by atoms with Crippen LogP contribution in [0.25, 0.3) is 6.08 Å². The number of benzene rings is 2. The summed E-state index contributed by atoms with van der Waals surface area (Å²) in [7, 11) is 1.64. The second kappa shape index (κ2) is 7.34. The van der Waals surface area contributed by atoms with E-state index in [1.54, 1.807) is 55.3 Å². The Kier molecular flexibility index (Phi) is 5.48. The number of halogens is 1. The van der Waals surface area contributed by atoms with Crippen LogP contribution in [0.2, 0.25) is 5.02 Å². The summed E-state index contributed by atoms with van der Waals surface area (Å²) in [5.74, 6) is 0.753. The van der Waals surface area contributed by atoms with Gasteiger partial charge in [-0.25, -0.2) is 0 Å². The molecule has 2 aromatic carbocycles. The molecule has 0 spiro atoms. The highest BCUT2D eigenvalue weighted by molar-refractivity contribution is 7.98. The van der Waals surface area contributed by atoms with Gasteiger partial charge in [-0.15, -0.1) is 11.8 Å². The Morgan fingerprint density at radius 1 is 1.19 bits per heavy atom. The summed E-state index contributed by atoms with van der Waals surface area (Å²) in [6.45, 7) is 0. The third-order valence-electron chi connectivity index (χ3n) is 2.96. The van der Waals surface area contributed by atoms with E-state index in [0.29, 0.717) is 10.6 Å². The lowest BCUT2D eigenvalue weighted by atomic mass is 10.1. The van der Waals surface area contributed by atoms with Gasteiger partial charge in [0.1, 0.15) is 5.75 Å². The predicted octanol–water partition coefficient (Wildman–Crippen LogP) is 4.97. The molecule has 0 radical (unpaired) electrons. The highest BCUT2D eigenvalue weighted by Crippen LogP contribution is 2.28. The van der Waals surface area contributed by atoms with Gasteiger partial charge >= 0.3 is 0 Å². The Hall–Kier alpha value is -1.71. The first-order valence-electron chi connectivity index (χ1n) is 6.34. The van der Waals surface area contributed by atoms with E-state index in [9.17, 15) is 4.79 Å². The van der Waals surface area contributed by atoms with Crippen molar-refractivity contribution in [3.63, 3.8) is 0 Å². The number of hydrogen-bond acceptors (Lipinski definition) is 3. The molecular weight excluding hydrogens is 304 g/mol. The minimum absolute atomic E-state index is 0.0559. The molecular formula is C17H15ClO2S. The minimum atomic E-state index is -0.0559. The molecule has 2 nitrogen and oxygen atoms in total. The smallest absolute Gasteiger partial charge is 0.185 e. The summed E-state index contributed by atoms with van der Waals surface area (Å²) in [6, 6.07) is 12.7. The van der Waals surface area contributed by atoms with Crippen molar-refractivity contribution in [2.24, 2.45) is 0 Å². The maximum atomic E-state index is 12.0. The van der Waals surface area contributed by atoms with Gasteiger partial charge in [0, 0.05) is 15.5 Å². The molecule has 0 unspecified atom stereocenters. The SMILES string of the molecule is COc1cc(/C=C/C(=O)c2ccc(Cl)cc2)ccc1SC. The molecule has 0 aromatic heterocycles. The number of carbonyl (C=O) groups is 1. The number of thioether (sulfide) groups is 1. The van der Waals surface area contributed by atoms with Gasteiger partial charge in [-0.2, -0.15) is 0 Å². The number of rotatable bonds is 5. The molecule has 0 aliphatic carbocycles. The van der Waals surface area contributed by atoms with Crippen molar-refractivity contribution in [1.29, 1.82) is 0 Å². The van der Waals surface area contributed by atoms with E-state index >= 15 is 0 Å². The Bertz CT molecular complexity index is 663. The minimum Gasteiger partial charge on any atom is -0.496 e. The second-order valence-corrected chi connectivity index (χ2v) is 5.60. The Balaban J connectivity index is 2.17. The molecule has 0 bridgehead atoms. The van der Waals surface area contributed by atoms with Crippen LogP contribution in [-0.2, 0) is 0 Å². The first-order valence-corrected chi connectivity index (χ1v) is 7.94. The monoisotopic (exact) mass is 318 g/mol. The van der Waals surface area contributed by atoms with Crippen LogP contribution in [-0.4, -0.2) is 19.1 Å². The molecule has 4 heteroatoms. The molecule has 0 aliphatic rings. The normalized spacial score (nSPS) is 10.8. The Labute approximate surface area is 133 Å². The van der Waals surface area contributed by atoms with Crippen molar-refractivity contribution in [1.82, 2.24) is 0 Å². The number of allylic oxidation sites excluding steroid dienone is 1. The molecule has 0 fully saturated rings. The molecule has 0 saturated heterocycles. The summed E-state index contributed by atoms with van der Waals surface area (Å²) in [6.07, 6.45) is 5.33. The number of carbonyl (C=O) groups excluding carboxylic acids is 1. The van der Waals surface area contributed by atoms with E-state index in [1.165, 1.54) is 0 Å². The zero-order chi connectivity index (χ0) is 15.2. The molecule has 0 amide bonds. The highest BCUT2D eigenvalue weighted by atomic mass is 35.5. The first-order chi connectivity index (χ1) is 10.1. The van der Waals surface area contributed by atoms with E-state index in [4.69, 9.17) is 16.3 Å². The van der Waals surface area contributed by atoms with Gasteiger partial charge in [-0.05, 0) is 54.3 Å². The highest BCUT2D eigenvalue weighted by Gasteiger charge is 2.03. The van der Waals surface area contributed by atoms with Gasteiger partial charge in [-0.1, -0.05) is 23.7 Å². The van der Waals surface area contributed by atoms with Crippen LogP contribution >= 0.6 is 23.4 Å². The van der Waals surface area contributed by atoms with Crippen LogP contribution < -0.4 is 4.74 Å². The van der Waals surface area contributed by atoms with Crippen LogP contribution in [0.5, 0.6) is 5.75 Å². The van der Waals surface area contributed by atoms with E-state index in [1.807, 2.05) is 24.5 Å². The molecule has 21 heavy (non-hydrogen) atoms. The molecule has 0 heterocycles. The summed E-state index contributed by atoms with van der Waals surface area (Å²) >= 11 is 7.43. The van der Waals surface area contributed by atoms with Crippen LogP contribution in [0.15, 0.2) is 53.4 Å². The summed E-state index contributed by atoms with van der Waals surface area (Å²) in [5, 5.41) is 0.618. The summed E-state index contributed by atoms with van der Waals surface area (Å²) in [5.41, 5.74) is 1.54. The Morgan fingerprint density at radius 3 is 2.52 bits per heavy atom. The number of ether oxygens (including phenoxy) is 1. The maximum Gasteiger partial charge on any atom is 0.185 e. The fourth-order valence-electron chi connectivity index (χ4n) is 1.84. The van der Waals surface area contributed by atoms with Crippen LogP contribution in [0.1, 0.15) is 15.9 Å². The molecule has 108 valence electrons. The van der Waals surface area contributed by atoms with Crippen molar-refractivity contribution >= 4 is 35.2 Å². The number of ketones is 1. The predicted molar refractivity (Wildman–Crippen MR) is 89.6 cm³/mol. The zero-order valence-corrected chi connectivity index (χ0v) is 13.4. The van der Waals surface area contributed by atoms with E-state index in [-0.39, 0.29) is 5.78 Å². The second-order valence-electron chi connectivity index (χ2n) is 4.32. The molecule has 0 N–H and O–H groups in total. The zero-order valence-electron chi connectivity index (χ0n) is 11.8. The van der Waals surface area contributed by atoms with E-state index < -0.39 is 0 Å². The average molecular weight is 319 g/mol. The van der Waals surface area contributed by atoms with Crippen molar-refractivity contribution in [2.45, 2.75) is 4.90 Å². The van der Waals surface area contributed by atoms with E-state index in [2.05, 4.69) is 0 Å². The van der Waals surface area contributed by atoms with Gasteiger partial charge in [0.05, 0.1) is 7.11 Å². The number of hydrogen-bond donors (Lipinski definition) is 0. The molecule has 2 rings (SSSR count). The van der Waals surface area contributed by atoms with Crippen molar-refractivity contribution in [3.05, 3.63) is 64.7 Å². The maximum absolute atomic E-state index is 12.0.